The lowest BCUT2D eigenvalue weighted by Gasteiger charge is -2.33. The highest BCUT2D eigenvalue weighted by Crippen LogP contribution is 2.22. The number of amides is 4. The van der Waals surface area contributed by atoms with Gasteiger partial charge in [-0.15, -0.1) is 0 Å². The summed E-state index contributed by atoms with van der Waals surface area (Å²) in [6, 6.07) is 11.3. The number of fused-ring (bicyclic) bond motifs is 1. The summed E-state index contributed by atoms with van der Waals surface area (Å²) in [5, 5.41) is 10.9. The van der Waals surface area contributed by atoms with E-state index in [1.165, 1.54) is 37.0 Å². The predicted molar refractivity (Wildman–Crippen MR) is 225 cm³/mol. The first-order valence-electron chi connectivity index (χ1n) is 21.0. The van der Waals surface area contributed by atoms with Gasteiger partial charge in [-0.25, -0.2) is 0 Å². The minimum Gasteiger partial charge on any atom is -0.378 e. The largest absolute Gasteiger partial charge is 0.378 e. The van der Waals surface area contributed by atoms with Gasteiger partial charge in [-0.2, -0.15) is 0 Å². The standard InChI is InChI=1S/C45H71N5O6/c1-8-9-28-38(46-5)42(52)48-39(31-35-24-21-23-34-22-17-18-27-37(34)35)44(54)50(7)40(33-56-45(2,3)4)43(53)47-32-41(51)49(6)29-19-13-14-20-30-55-36-25-15-11-10-12-16-26-36/h13-14,17-18,21-24,27,36,38-40,46H,8-12,15-16,19-20,25-26,28-33H2,1-7H3,(H,47,53)(H,48,52)/b14-13-. The van der Waals surface area contributed by atoms with E-state index >= 15 is 0 Å². The van der Waals surface area contributed by atoms with Crippen molar-refractivity contribution >= 4 is 34.4 Å². The van der Waals surface area contributed by atoms with Crippen LogP contribution >= 0.6 is 0 Å². The van der Waals surface area contributed by atoms with Crippen LogP contribution < -0.4 is 16.0 Å². The Bertz CT molecular complexity index is 1530. The Balaban J connectivity index is 1.65. The molecule has 1 fully saturated rings. The number of hydrogen-bond donors (Lipinski definition) is 3. The van der Waals surface area contributed by atoms with E-state index in [0.29, 0.717) is 32.1 Å². The van der Waals surface area contributed by atoms with E-state index in [1.54, 1.807) is 26.0 Å². The summed E-state index contributed by atoms with van der Waals surface area (Å²) in [5.74, 6) is -1.46. The lowest BCUT2D eigenvalue weighted by Crippen LogP contribution is -2.58. The molecule has 0 heterocycles. The fourth-order valence-corrected chi connectivity index (χ4v) is 7.00. The van der Waals surface area contributed by atoms with Crippen LogP contribution in [0.25, 0.3) is 10.8 Å². The summed E-state index contributed by atoms with van der Waals surface area (Å²) >= 11 is 0. The minimum absolute atomic E-state index is 0.0958. The van der Waals surface area contributed by atoms with Crippen molar-refractivity contribution in [3.8, 4) is 0 Å². The fourth-order valence-electron chi connectivity index (χ4n) is 7.00. The van der Waals surface area contributed by atoms with E-state index < -0.39 is 35.5 Å². The second-order valence-corrected chi connectivity index (χ2v) is 16.2. The normalized spacial score (nSPS) is 15.8. The molecule has 0 radical (unpaired) electrons. The third kappa shape index (κ3) is 16.4. The monoisotopic (exact) mass is 778 g/mol. The molecule has 56 heavy (non-hydrogen) atoms. The molecular weight excluding hydrogens is 707 g/mol. The Hall–Kier alpha value is -3.80. The van der Waals surface area contributed by atoms with Crippen LogP contribution in [-0.4, -0.2) is 111 Å². The molecule has 3 unspecified atom stereocenters. The molecule has 11 nitrogen and oxygen atoms in total. The topological polar surface area (TPSA) is 129 Å². The number of benzene rings is 2. The molecule has 2 aromatic rings. The third-order valence-electron chi connectivity index (χ3n) is 10.5. The van der Waals surface area contributed by atoms with E-state index in [9.17, 15) is 19.2 Å². The van der Waals surface area contributed by atoms with Crippen molar-refractivity contribution in [2.75, 3.05) is 47.4 Å². The van der Waals surface area contributed by atoms with Gasteiger partial charge in [0.25, 0.3) is 0 Å². The van der Waals surface area contributed by atoms with Crippen LogP contribution in [0.5, 0.6) is 0 Å². The highest BCUT2D eigenvalue weighted by Gasteiger charge is 2.35. The lowest BCUT2D eigenvalue weighted by molar-refractivity contribution is -0.146. The van der Waals surface area contributed by atoms with E-state index in [-0.39, 0.29) is 31.4 Å². The zero-order chi connectivity index (χ0) is 40.9. The summed E-state index contributed by atoms with van der Waals surface area (Å²) in [5.41, 5.74) is 0.307. The van der Waals surface area contributed by atoms with Gasteiger partial charge in [0.15, 0.2) is 0 Å². The molecule has 3 rings (SSSR count). The average Bonchev–Trinajstić information content (AvgIpc) is 3.16. The van der Waals surface area contributed by atoms with E-state index in [0.717, 1.165) is 48.4 Å². The molecular formula is C45H71N5O6. The molecule has 2 aromatic carbocycles. The predicted octanol–water partition coefficient (Wildman–Crippen LogP) is 6.33. The van der Waals surface area contributed by atoms with Crippen LogP contribution in [0, 0.1) is 0 Å². The third-order valence-corrected chi connectivity index (χ3v) is 10.5. The second kappa shape index (κ2) is 24.8. The van der Waals surface area contributed by atoms with Crippen molar-refractivity contribution in [3.05, 3.63) is 60.2 Å². The number of nitrogens with one attached hydrogen (secondary N) is 3. The molecule has 4 amide bonds. The van der Waals surface area contributed by atoms with Crippen molar-refractivity contribution in [1.29, 1.82) is 0 Å². The molecule has 312 valence electrons. The number of unbranched alkanes of at least 4 members (excludes halogenated alkanes) is 1. The van der Waals surface area contributed by atoms with Gasteiger partial charge in [0.2, 0.25) is 23.6 Å². The molecule has 1 aliphatic rings. The maximum absolute atomic E-state index is 14.4. The van der Waals surface area contributed by atoms with Gasteiger partial charge < -0.3 is 35.2 Å². The molecule has 1 aliphatic carbocycles. The number of ether oxygens (including phenoxy) is 2. The van der Waals surface area contributed by atoms with Crippen molar-refractivity contribution in [2.45, 2.75) is 141 Å². The van der Waals surface area contributed by atoms with Gasteiger partial charge in [-0.3, -0.25) is 19.2 Å². The maximum Gasteiger partial charge on any atom is 0.245 e. The van der Waals surface area contributed by atoms with E-state index in [1.807, 2.05) is 63.2 Å². The first kappa shape index (κ1) is 46.6. The summed E-state index contributed by atoms with van der Waals surface area (Å²) in [6.45, 7) is 8.59. The van der Waals surface area contributed by atoms with Crippen molar-refractivity contribution in [2.24, 2.45) is 0 Å². The zero-order valence-corrected chi connectivity index (χ0v) is 35.4. The Morgan fingerprint density at radius 3 is 2.27 bits per heavy atom. The molecule has 3 atom stereocenters. The van der Waals surface area contributed by atoms with E-state index in [2.05, 4.69) is 35.0 Å². The number of carbonyl (C=O) groups excluding carboxylic acids is 4. The molecule has 0 spiro atoms. The van der Waals surface area contributed by atoms with Crippen molar-refractivity contribution in [3.63, 3.8) is 0 Å². The summed E-state index contributed by atoms with van der Waals surface area (Å²) in [7, 11) is 5.01. The van der Waals surface area contributed by atoms with Crippen molar-refractivity contribution in [1.82, 2.24) is 25.8 Å². The van der Waals surface area contributed by atoms with Crippen LogP contribution in [0.3, 0.4) is 0 Å². The Labute approximate surface area is 336 Å². The van der Waals surface area contributed by atoms with Gasteiger partial charge in [-0.1, -0.05) is 106 Å². The summed E-state index contributed by atoms with van der Waals surface area (Å²) in [4.78, 5) is 57.9. The summed E-state index contributed by atoms with van der Waals surface area (Å²) < 4.78 is 12.2. The molecule has 0 bridgehead atoms. The van der Waals surface area contributed by atoms with Crippen LogP contribution in [0.1, 0.15) is 110 Å². The molecule has 0 saturated heterocycles. The van der Waals surface area contributed by atoms with E-state index in [4.69, 9.17) is 9.47 Å². The SMILES string of the molecule is CCCCC(NC)C(=O)NC(Cc1cccc2ccccc12)C(=O)N(C)C(COC(C)(C)C)C(=O)NCC(=O)N(C)CC/C=C\CCOC1CCCCCCC1. The highest BCUT2D eigenvalue weighted by molar-refractivity contribution is 5.95. The van der Waals surface area contributed by atoms with Crippen LogP contribution in [0.15, 0.2) is 54.6 Å². The Morgan fingerprint density at radius 2 is 1.57 bits per heavy atom. The zero-order valence-electron chi connectivity index (χ0n) is 35.4. The Kier molecular flexibility index (Phi) is 20.6. The highest BCUT2D eigenvalue weighted by atomic mass is 16.5. The molecule has 11 heteroatoms. The Morgan fingerprint density at radius 1 is 0.893 bits per heavy atom. The number of nitrogens with zero attached hydrogens (tertiary/aromatic N) is 2. The van der Waals surface area contributed by atoms with Crippen molar-refractivity contribution < 1.29 is 28.7 Å². The number of rotatable bonds is 22. The molecule has 0 aliphatic heterocycles. The van der Waals surface area contributed by atoms with Crippen LogP contribution in [-0.2, 0) is 35.1 Å². The van der Waals surface area contributed by atoms with Gasteiger partial charge >= 0.3 is 0 Å². The maximum atomic E-state index is 14.4. The average molecular weight is 778 g/mol. The quantitative estimate of drug-likeness (QED) is 0.0943. The smallest absolute Gasteiger partial charge is 0.245 e. The van der Waals surface area contributed by atoms with Gasteiger partial charge in [0, 0.05) is 27.1 Å². The van der Waals surface area contributed by atoms with Gasteiger partial charge in [-0.05, 0) is 76.3 Å². The van der Waals surface area contributed by atoms with Gasteiger partial charge in [0.05, 0.1) is 37.5 Å². The number of likely N-dealkylation sites (N-methyl/N-ethyl adjacent to an activating group) is 3. The number of carbonyl (C=O) groups is 4. The van der Waals surface area contributed by atoms with Gasteiger partial charge in [0.1, 0.15) is 12.1 Å². The van der Waals surface area contributed by atoms with Crippen LogP contribution in [0.2, 0.25) is 0 Å². The second-order valence-electron chi connectivity index (χ2n) is 16.2. The first-order chi connectivity index (χ1) is 26.8. The summed E-state index contributed by atoms with van der Waals surface area (Å²) in [6.07, 6.45) is 17.5. The van der Waals surface area contributed by atoms with Crippen LogP contribution in [0.4, 0.5) is 0 Å². The molecule has 0 aromatic heterocycles. The fraction of sp³-hybridized carbons (Fsp3) is 0.644. The number of hydrogen-bond acceptors (Lipinski definition) is 7. The molecule has 3 N–H and O–H groups in total. The molecule has 1 saturated carbocycles. The first-order valence-corrected chi connectivity index (χ1v) is 21.0. The minimum atomic E-state index is -1.06. The lowest BCUT2D eigenvalue weighted by atomic mass is 9.97.